The minimum absolute atomic E-state index is 0.119. The number of piperidine rings is 1. The summed E-state index contributed by atoms with van der Waals surface area (Å²) in [4.78, 5) is 26.8. The number of benzene rings is 2. The lowest BCUT2D eigenvalue weighted by Gasteiger charge is -2.33. The summed E-state index contributed by atoms with van der Waals surface area (Å²) in [6, 6.07) is 8.39. The van der Waals surface area contributed by atoms with Gasteiger partial charge in [-0.25, -0.2) is 13.2 Å². The van der Waals surface area contributed by atoms with Crippen molar-refractivity contribution in [1.29, 1.82) is 0 Å². The van der Waals surface area contributed by atoms with Gasteiger partial charge in [-0.05, 0) is 43.5 Å². The maximum Gasteiger partial charge on any atom is 0.227 e. The van der Waals surface area contributed by atoms with E-state index in [2.05, 4.69) is 5.32 Å². The highest BCUT2D eigenvalue weighted by atomic mass is 19.1. The first-order chi connectivity index (χ1) is 13.8. The highest BCUT2D eigenvalue weighted by molar-refractivity contribution is 5.82. The van der Waals surface area contributed by atoms with Crippen LogP contribution in [0.3, 0.4) is 0 Å². The van der Waals surface area contributed by atoms with Gasteiger partial charge in [0.05, 0.1) is 18.4 Å². The van der Waals surface area contributed by atoms with Gasteiger partial charge in [0.15, 0.2) is 0 Å². The van der Waals surface area contributed by atoms with Gasteiger partial charge in [0.1, 0.15) is 17.5 Å². The monoisotopic (exact) mass is 404 g/mol. The van der Waals surface area contributed by atoms with Crippen molar-refractivity contribution >= 4 is 11.8 Å². The molecule has 1 aliphatic rings. The molecule has 3 rings (SSSR count). The highest BCUT2D eigenvalue weighted by Crippen LogP contribution is 2.22. The van der Waals surface area contributed by atoms with Crippen LogP contribution in [0.4, 0.5) is 13.2 Å². The van der Waals surface area contributed by atoms with Crippen LogP contribution in [0.1, 0.15) is 36.9 Å². The normalized spacial score (nSPS) is 17.7. The van der Waals surface area contributed by atoms with Gasteiger partial charge in [-0.3, -0.25) is 9.59 Å². The van der Waals surface area contributed by atoms with Crippen LogP contribution in [0.25, 0.3) is 0 Å². The maximum atomic E-state index is 13.9. The van der Waals surface area contributed by atoms with Crippen molar-refractivity contribution in [3.63, 3.8) is 0 Å². The molecule has 1 saturated heterocycles. The average molecular weight is 404 g/mol. The van der Waals surface area contributed by atoms with Crippen molar-refractivity contribution in [3.05, 3.63) is 71.0 Å². The Balaban J connectivity index is 1.58. The molecule has 2 aromatic carbocycles. The van der Waals surface area contributed by atoms with E-state index in [1.165, 1.54) is 18.2 Å². The fourth-order valence-corrected chi connectivity index (χ4v) is 3.57. The molecule has 1 fully saturated rings. The first-order valence-corrected chi connectivity index (χ1v) is 9.61. The number of hydrogen-bond acceptors (Lipinski definition) is 2. The number of halogens is 3. The van der Waals surface area contributed by atoms with Gasteiger partial charge in [-0.2, -0.15) is 0 Å². The van der Waals surface area contributed by atoms with Crippen LogP contribution in [0, 0.1) is 23.4 Å². The van der Waals surface area contributed by atoms with Crippen LogP contribution in [0.2, 0.25) is 0 Å². The highest BCUT2D eigenvalue weighted by Gasteiger charge is 2.29. The molecule has 1 N–H and O–H groups in total. The first kappa shape index (κ1) is 20.9. The van der Waals surface area contributed by atoms with Gasteiger partial charge < -0.3 is 10.2 Å². The SMILES string of the molecule is CC(NC(=O)C1CCCN(C(=O)Cc2ccc(F)cc2)C1)c1ccc(F)cc1F. The zero-order valence-electron chi connectivity index (χ0n) is 16.1. The summed E-state index contributed by atoms with van der Waals surface area (Å²) < 4.78 is 40.0. The van der Waals surface area contributed by atoms with Crippen LogP contribution in [-0.2, 0) is 16.0 Å². The largest absolute Gasteiger partial charge is 0.349 e. The summed E-state index contributed by atoms with van der Waals surface area (Å²) in [6.07, 6.45) is 1.46. The lowest BCUT2D eigenvalue weighted by Crippen LogP contribution is -2.46. The third kappa shape index (κ3) is 5.37. The van der Waals surface area contributed by atoms with E-state index in [0.717, 1.165) is 12.1 Å². The second kappa shape index (κ2) is 9.11. The van der Waals surface area contributed by atoms with Crippen molar-refractivity contribution in [2.75, 3.05) is 13.1 Å². The van der Waals surface area contributed by atoms with Crippen molar-refractivity contribution in [2.24, 2.45) is 5.92 Å². The molecule has 1 heterocycles. The molecule has 0 bridgehead atoms. The molecule has 0 aliphatic carbocycles. The molecular weight excluding hydrogens is 381 g/mol. The van der Waals surface area contributed by atoms with E-state index in [-0.39, 0.29) is 36.2 Å². The lowest BCUT2D eigenvalue weighted by molar-refractivity contribution is -0.135. The number of likely N-dealkylation sites (tertiary alicyclic amines) is 1. The summed E-state index contributed by atoms with van der Waals surface area (Å²) in [5.74, 6) is -2.52. The summed E-state index contributed by atoms with van der Waals surface area (Å²) in [7, 11) is 0. The molecule has 2 atom stereocenters. The van der Waals surface area contributed by atoms with Crippen LogP contribution in [-0.4, -0.2) is 29.8 Å². The molecule has 0 radical (unpaired) electrons. The molecule has 7 heteroatoms. The molecular formula is C22H23F3N2O2. The maximum absolute atomic E-state index is 13.9. The Kier molecular flexibility index (Phi) is 6.56. The second-order valence-corrected chi connectivity index (χ2v) is 7.38. The number of carbonyl (C=O) groups excluding carboxylic acids is 2. The molecule has 1 aliphatic heterocycles. The summed E-state index contributed by atoms with van der Waals surface area (Å²) in [6.45, 7) is 2.48. The van der Waals surface area contributed by atoms with E-state index in [1.54, 1.807) is 24.0 Å². The van der Waals surface area contributed by atoms with Crippen molar-refractivity contribution < 1.29 is 22.8 Å². The van der Waals surface area contributed by atoms with E-state index in [9.17, 15) is 22.8 Å². The molecule has 0 aromatic heterocycles. The van der Waals surface area contributed by atoms with E-state index >= 15 is 0 Å². The van der Waals surface area contributed by atoms with Crippen LogP contribution in [0.15, 0.2) is 42.5 Å². The predicted octanol–water partition coefficient (Wildman–Crippen LogP) is 3.76. The molecule has 154 valence electrons. The van der Waals surface area contributed by atoms with Crippen LogP contribution in [0.5, 0.6) is 0 Å². The summed E-state index contributed by atoms with van der Waals surface area (Å²) in [5, 5.41) is 2.76. The van der Waals surface area contributed by atoms with Crippen LogP contribution < -0.4 is 5.32 Å². The number of rotatable bonds is 5. The Morgan fingerprint density at radius 2 is 1.79 bits per heavy atom. The fourth-order valence-electron chi connectivity index (χ4n) is 3.57. The third-order valence-corrected chi connectivity index (χ3v) is 5.20. The van der Waals surface area contributed by atoms with E-state index in [4.69, 9.17) is 0 Å². The predicted molar refractivity (Wildman–Crippen MR) is 102 cm³/mol. The number of nitrogens with one attached hydrogen (secondary N) is 1. The minimum Gasteiger partial charge on any atom is -0.349 e. The van der Waals surface area contributed by atoms with Gasteiger partial charge in [-0.15, -0.1) is 0 Å². The van der Waals surface area contributed by atoms with Crippen molar-refractivity contribution in [1.82, 2.24) is 10.2 Å². The van der Waals surface area contributed by atoms with E-state index in [1.807, 2.05) is 0 Å². The summed E-state index contributed by atoms with van der Waals surface area (Å²) >= 11 is 0. The topological polar surface area (TPSA) is 49.4 Å². The molecule has 2 amide bonds. The first-order valence-electron chi connectivity index (χ1n) is 9.61. The quantitative estimate of drug-likeness (QED) is 0.825. The number of carbonyl (C=O) groups is 2. The van der Waals surface area contributed by atoms with Gasteiger partial charge >= 0.3 is 0 Å². The zero-order valence-corrected chi connectivity index (χ0v) is 16.1. The number of amides is 2. The molecule has 0 spiro atoms. The Hall–Kier alpha value is -2.83. The smallest absolute Gasteiger partial charge is 0.227 e. The molecule has 2 aromatic rings. The fraction of sp³-hybridized carbons (Fsp3) is 0.364. The molecule has 29 heavy (non-hydrogen) atoms. The summed E-state index contributed by atoms with van der Waals surface area (Å²) in [5.41, 5.74) is 0.920. The van der Waals surface area contributed by atoms with Gasteiger partial charge in [0.25, 0.3) is 0 Å². The van der Waals surface area contributed by atoms with Gasteiger partial charge in [0.2, 0.25) is 11.8 Å². The van der Waals surface area contributed by atoms with Crippen molar-refractivity contribution in [2.45, 2.75) is 32.2 Å². The molecule has 0 saturated carbocycles. The second-order valence-electron chi connectivity index (χ2n) is 7.38. The van der Waals surface area contributed by atoms with E-state index in [0.29, 0.717) is 24.9 Å². The number of nitrogens with zero attached hydrogens (tertiary/aromatic N) is 1. The van der Waals surface area contributed by atoms with Crippen LogP contribution >= 0.6 is 0 Å². The Labute approximate surface area is 167 Å². The molecule has 2 unspecified atom stereocenters. The third-order valence-electron chi connectivity index (χ3n) is 5.20. The van der Waals surface area contributed by atoms with Gasteiger partial charge in [0, 0.05) is 24.7 Å². The van der Waals surface area contributed by atoms with Crippen molar-refractivity contribution in [3.8, 4) is 0 Å². The average Bonchev–Trinajstić information content (AvgIpc) is 2.69. The zero-order chi connectivity index (χ0) is 21.0. The Morgan fingerprint density at radius 3 is 2.48 bits per heavy atom. The lowest BCUT2D eigenvalue weighted by atomic mass is 9.95. The standard InChI is InChI=1S/C22H23F3N2O2/c1-14(19-9-8-18(24)12-20(19)25)26-22(29)16-3-2-10-27(13-16)21(28)11-15-4-6-17(23)7-5-15/h4-9,12,14,16H,2-3,10-11,13H2,1H3,(H,26,29). The van der Waals surface area contributed by atoms with Gasteiger partial charge in [-0.1, -0.05) is 18.2 Å². The Morgan fingerprint density at radius 1 is 1.10 bits per heavy atom. The minimum atomic E-state index is -0.711. The molecule has 4 nitrogen and oxygen atoms in total. The Bertz CT molecular complexity index is 886. The van der Waals surface area contributed by atoms with E-state index < -0.39 is 23.6 Å². The number of hydrogen-bond donors (Lipinski definition) is 1.